The molecule has 106 valence electrons. The average Bonchev–Trinajstić information content (AvgIpc) is 2.20. The minimum atomic E-state index is -0.522. The third-order valence-electron chi connectivity index (χ3n) is 2.21. The first kappa shape index (κ1) is 16.5. The Bertz CT molecular complexity index is 285. The Morgan fingerprint density at radius 2 is 1.78 bits per heavy atom. The fourth-order valence-corrected chi connectivity index (χ4v) is 1.20. The van der Waals surface area contributed by atoms with Gasteiger partial charge in [-0.05, 0) is 26.7 Å². The SMILES string of the molecule is CNC(=O)N[C@H](CNC(=O)OC(C)(C)C)C(C)C. The van der Waals surface area contributed by atoms with Crippen LogP contribution in [0.15, 0.2) is 0 Å². The zero-order valence-corrected chi connectivity index (χ0v) is 12.1. The minimum Gasteiger partial charge on any atom is -0.444 e. The molecule has 0 spiro atoms. The standard InChI is InChI=1S/C12H25N3O3/c1-8(2)9(15-10(16)13-6)7-14-11(17)18-12(3,4)5/h8-9H,7H2,1-6H3,(H,14,17)(H2,13,15,16)/t9-/m1/s1. The van der Waals surface area contributed by atoms with Crippen molar-refractivity contribution in [2.75, 3.05) is 13.6 Å². The van der Waals surface area contributed by atoms with Crippen molar-refractivity contribution in [2.24, 2.45) is 5.92 Å². The van der Waals surface area contributed by atoms with Crippen molar-refractivity contribution in [3.63, 3.8) is 0 Å². The van der Waals surface area contributed by atoms with Crippen LogP contribution in [0.3, 0.4) is 0 Å². The van der Waals surface area contributed by atoms with Gasteiger partial charge in [-0.15, -0.1) is 0 Å². The first-order chi connectivity index (χ1) is 8.15. The van der Waals surface area contributed by atoms with Crippen LogP contribution >= 0.6 is 0 Å². The van der Waals surface area contributed by atoms with Gasteiger partial charge in [0.1, 0.15) is 5.60 Å². The highest BCUT2D eigenvalue weighted by atomic mass is 16.6. The van der Waals surface area contributed by atoms with Crippen molar-refractivity contribution in [1.29, 1.82) is 0 Å². The van der Waals surface area contributed by atoms with Crippen LogP contribution in [0.2, 0.25) is 0 Å². The summed E-state index contributed by atoms with van der Waals surface area (Å²) in [5.74, 6) is 0.206. The Hall–Kier alpha value is -1.46. The van der Waals surface area contributed by atoms with Crippen molar-refractivity contribution in [1.82, 2.24) is 16.0 Å². The van der Waals surface area contributed by atoms with Gasteiger partial charge in [-0.1, -0.05) is 13.8 Å². The van der Waals surface area contributed by atoms with E-state index in [0.29, 0.717) is 6.54 Å². The molecule has 0 saturated carbocycles. The van der Waals surface area contributed by atoms with Crippen LogP contribution in [0.1, 0.15) is 34.6 Å². The molecule has 0 heterocycles. The molecule has 0 radical (unpaired) electrons. The lowest BCUT2D eigenvalue weighted by molar-refractivity contribution is 0.0520. The molecule has 0 bridgehead atoms. The van der Waals surface area contributed by atoms with Gasteiger partial charge >= 0.3 is 12.1 Å². The third kappa shape index (κ3) is 7.76. The van der Waals surface area contributed by atoms with E-state index in [1.165, 1.54) is 0 Å². The van der Waals surface area contributed by atoms with Gasteiger partial charge < -0.3 is 20.7 Å². The zero-order valence-electron chi connectivity index (χ0n) is 12.1. The van der Waals surface area contributed by atoms with Crippen molar-refractivity contribution in [2.45, 2.75) is 46.3 Å². The number of carbonyl (C=O) groups is 2. The van der Waals surface area contributed by atoms with E-state index in [-0.39, 0.29) is 18.0 Å². The van der Waals surface area contributed by atoms with Crippen LogP contribution in [0.5, 0.6) is 0 Å². The van der Waals surface area contributed by atoms with Crippen LogP contribution < -0.4 is 16.0 Å². The first-order valence-corrected chi connectivity index (χ1v) is 6.11. The molecule has 0 unspecified atom stereocenters. The maximum atomic E-state index is 11.5. The minimum absolute atomic E-state index is 0.141. The Morgan fingerprint density at radius 1 is 1.22 bits per heavy atom. The Labute approximate surface area is 109 Å². The summed E-state index contributed by atoms with van der Waals surface area (Å²) in [6.07, 6.45) is -0.480. The maximum absolute atomic E-state index is 11.5. The number of carbonyl (C=O) groups excluding carboxylic acids is 2. The molecule has 0 aromatic heterocycles. The summed E-state index contributed by atoms with van der Waals surface area (Å²) in [5.41, 5.74) is -0.522. The van der Waals surface area contributed by atoms with Gasteiger partial charge in [-0.3, -0.25) is 0 Å². The highest BCUT2D eigenvalue weighted by Gasteiger charge is 2.19. The van der Waals surface area contributed by atoms with E-state index in [1.807, 2.05) is 13.8 Å². The summed E-state index contributed by atoms with van der Waals surface area (Å²) in [5, 5.41) is 7.89. The molecule has 0 aliphatic carbocycles. The summed E-state index contributed by atoms with van der Waals surface area (Å²) in [6, 6.07) is -0.405. The molecule has 18 heavy (non-hydrogen) atoms. The number of nitrogens with one attached hydrogen (secondary N) is 3. The molecule has 1 atom stereocenters. The van der Waals surface area contributed by atoms with Gasteiger partial charge in [0.2, 0.25) is 0 Å². The molecule has 6 heteroatoms. The Balaban J connectivity index is 4.20. The number of ether oxygens (including phenoxy) is 1. The summed E-state index contributed by atoms with van der Waals surface area (Å²) < 4.78 is 5.12. The topological polar surface area (TPSA) is 79.5 Å². The van der Waals surface area contributed by atoms with Crippen molar-refractivity contribution >= 4 is 12.1 Å². The van der Waals surface area contributed by atoms with Gasteiger partial charge in [-0.25, -0.2) is 9.59 Å². The Kier molecular flexibility index (Phi) is 6.51. The summed E-state index contributed by atoms with van der Waals surface area (Å²) in [4.78, 5) is 22.7. The summed E-state index contributed by atoms with van der Waals surface area (Å²) in [7, 11) is 1.55. The van der Waals surface area contributed by atoms with Crippen molar-refractivity contribution in [3.8, 4) is 0 Å². The number of amides is 3. The molecular formula is C12H25N3O3. The molecule has 0 aliphatic rings. The number of hydrogen-bond acceptors (Lipinski definition) is 3. The van der Waals surface area contributed by atoms with E-state index in [1.54, 1.807) is 27.8 Å². The molecule has 0 aliphatic heterocycles. The zero-order chi connectivity index (χ0) is 14.3. The number of rotatable bonds is 4. The molecule has 0 fully saturated rings. The first-order valence-electron chi connectivity index (χ1n) is 6.11. The second-order valence-electron chi connectivity index (χ2n) is 5.46. The highest BCUT2D eigenvalue weighted by Crippen LogP contribution is 2.07. The monoisotopic (exact) mass is 259 g/mol. The molecule has 0 saturated heterocycles. The lowest BCUT2D eigenvalue weighted by Gasteiger charge is -2.24. The predicted octanol–water partition coefficient (Wildman–Crippen LogP) is 1.46. The van der Waals surface area contributed by atoms with E-state index in [0.717, 1.165) is 0 Å². The molecule has 3 N–H and O–H groups in total. The maximum Gasteiger partial charge on any atom is 0.407 e. The van der Waals surface area contributed by atoms with E-state index in [2.05, 4.69) is 16.0 Å². The number of urea groups is 1. The van der Waals surface area contributed by atoms with Gasteiger partial charge in [0, 0.05) is 13.6 Å². The van der Waals surface area contributed by atoms with Crippen LogP contribution in [0.25, 0.3) is 0 Å². The van der Waals surface area contributed by atoms with Gasteiger partial charge in [0.05, 0.1) is 6.04 Å². The summed E-state index contributed by atoms with van der Waals surface area (Å²) >= 11 is 0. The lowest BCUT2D eigenvalue weighted by Crippen LogP contribution is -2.49. The van der Waals surface area contributed by atoms with Crippen LogP contribution in [0.4, 0.5) is 9.59 Å². The average molecular weight is 259 g/mol. The molecule has 0 rings (SSSR count). The van der Waals surface area contributed by atoms with Crippen LogP contribution in [0, 0.1) is 5.92 Å². The predicted molar refractivity (Wildman–Crippen MR) is 70.5 cm³/mol. The Morgan fingerprint density at radius 3 is 2.17 bits per heavy atom. The van der Waals surface area contributed by atoms with E-state index in [4.69, 9.17) is 4.74 Å². The van der Waals surface area contributed by atoms with Gasteiger partial charge in [0.15, 0.2) is 0 Å². The summed E-state index contributed by atoms with van der Waals surface area (Å²) in [6.45, 7) is 9.68. The lowest BCUT2D eigenvalue weighted by atomic mass is 10.0. The van der Waals surface area contributed by atoms with E-state index in [9.17, 15) is 9.59 Å². The highest BCUT2D eigenvalue weighted by molar-refractivity contribution is 5.74. The van der Waals surface area contributed by atoms with Crippen LogP contribution in [-0.2, 0) is 4.74 Å². The number of alkyl carbamates (subject to hydrolysis) is 1. The second-order valence-corrected chi connectivity index (χ2v) is 5.46. The van der Waals surface area contributed by atoms with Crippen LogP contribution in [-0.4, -0.2) is 37.4 Å². The van der Waals surface area contributed by atoms with E-state index < -0.39 is 11.7 Å². The number of hydrogen-bond donors (Lipinski definition) is 3. The quantitative estimate of drug-likeness (QED) is 0.715. The fraction of sp³-hybridized carbons (Fsp3) is 0.833. The molecule has 3 amide bonds. The van der Waals surface area contributed by atoms with Gasteiger partial charge in [0.25, 0.3) is 0 Å². The van der Waals surface area contributed by atoms with E-state index >= 15 is 0 Å². The molecular weight excluding hydrogens is 234 g/mol. The largest absolute Gasteiger partial charge is 0.444 e. The normalized spacial score (nSPS) is 12.8. The smallest absolute Gasteiger partial charge is 0.407 e. The fourth-order valence-electron chi connectivity index (χ4n) is 1.20. The molecule has 0 aromatic carbocycles. The second kappa shape index (κ2) is 7.08. The van der Waals surface area contributed by atoms with Crippen molar-refractivity contribution < 1.29 is 14.3 Å². The van der Waals surface area contributed by atoms with Gasteiger partial charge in [-0.2, -0.15) is 0 Å². The molecule has 0 aromatic rings. The molecule has 6 nitrogen and oxygen atoms in total. The van der Waals surface area contributed by atoms with Crippen molar-refractivity contribution in [3.05, 3.63) is 0 Å². The third-order valence-corrected chi connectivity index (χ3v) is 2.21.